The molecule has 4 rings (SSSR count). The Bertz CT molecular complexity index is 967. The number of hydrogen-bond acceptors (Lipinski definition) is 1. The maximum absolute atomic E-state index is 6.22. The molecule has 0 amide bonds. The van der Waals surface area contributed by atoms with Crippen molar-refractivity contribution in [2.24, 2.45) is 0 Å². The summed E-state index contributed by atoms with van der Waals surface area (Å²) in [5, 5.41) is 7.52. The molecule has 4 aromatic carbocycles. The van der Waals surface area contributed by atoms with Crippen LogP contribution in [0.25, 0.3) is 32.3 Å². The Morgan fingerprint density at radius 1 is 0.600 bits per heavy atom. The zero-order valence-electron chi connectivity index (χ0n) is 11.4. The predicted molar refractivity (Wildman–Crippen MR) is 88.1 cm³/mol. The van der Waals surface area contributed by atoms with E-state index in [0.29, 0.717) is 0 Å². The highest BCUT2D eigenvalue weighted by molar-refractivity contribution is 6.19. The molecule has 0 aliphatic rings. The Hall–Kier alpha value is -2.54. The summed E-state index contributed by atoms with van der Waals surface area (Å²) in [6.07, 6.45) is 0. The van der Waals surface area contributed by atoms with Gasteiger partial charge in [-0.1, -0.05) is 60.7 Å². The highest BCUT2D eigenvalue weighted by Crippen LogP contribution is 2.34. The van der Waals surface area contributed by atoms with Crippen LogP contribution in [0.3, 0.4) is 0 Å². The van der Waals surface area contributed by atoms with E-state index in [1.54, 1.807) is 0 Å². The quantitative estimate of drug-likeness (QED) is 0.347. The number of nitrogen functional groups attached to an aromatic ring is 1. The molecule has 0 fully saturated rings. The van der Waals surface area contributed by atoms with Gasteiger partial charge in [0.25, 0.3) is 0 Å². The molecule has 0 heterocycles. The largest absolute Gasteiger partial charge is 0.398 e. The average Bonchev–Trinajstić information content (AvgIpc) is 2.50. The van der Waals surface area contributed by atoms with Crippen LogP contribution in [0.15, 0.2) is 60.7 Å². The summed E-state index contributed by atoms with van der Waals surface area (Å²) in [5.41, 5.74) is 8.25. The maximum Gasteiger partial charge on any atom is 0.0423 e. The standard InChI is InChI=1S/C19H15N/c1-12-6-8-17-16-9-7-13-4-2-3-5-14(13)15(16)10-11-18(17)19(12)20/h2-11H,20H2,1H3. The van der Waals surface area contributed by atoms with Crippen LogP contribution in [0.1, 0.15) is 5.56 Å². The monoisotopic (exact) mass is 257 g/mol. The van der Waals surface area contributed by atoms with Gasteiger partial charge in [-0.05, 0) is 39.4 Å². The second-order valence-electron chi connectivity index (χ2n) is 5.34. The SMILES string of the molecule is Cc1ccc2c(ccc3c4ccccc4ccc23)c1N. The van der Waals surface area contributed by atoms with Crippen LogP contribution >= 0.6 is 0 Å². The third-order valence-electron chi connectivity index (χ3n) is 4.18. The van der Waals surface area contributed by atoms with Gasteiger partial charge in [0.05, 0.1) is 0 Å². The van der Waals surface area contributed by atoms with E-state index in [2.05, 4.69) is 67.6 Å². The number of nitrogens with two attached hydrogens (primary N) is 1. The summed E-state index contributed by atoms with van der Waals surface area (Å²) >= 11 is 0. The fraction of sp³-hybridized carbons (Fsp3) is 0.0526. The Labute approximate surface area is 117 Å². The molecule has 2 N–H and O–H groups in total. The molecule has 0 saturated carbocycles. The first-order valence-corrected chi connectivity index (χ1v) is 6.85. The average molecular weight is 257 g/mol. The van der Waals surface area contributed by atoms with Gasteiger partial charge in [-0.2, -0.15) is 0 Å². The Morgan fingerprint density at radius 3 is 2.10 bits per heavy atom. The number of anilines is 1. The maximum atomic E-state index is 6.22. The lowest BCUT2D eigenvalue weighted by Gasteiger charge is -2.10. The van der Waals surface area contributed by atoms with Gasteiger partial charge in [0.1, 0.15) is 0 Å². The van der Waals surface area contributed by atoms with E-state index >= 15 is 0 Å². The van der Waals surface area contributed by atoms with Crippen molar-refractivity contribution < 1.29 is 0 Å². The first-order valence-electron chi connectivity index (χ1n) is 6.85. The normalized spacial score (nSPS) is 11.4. The van der Waals surface area contributed by atoms with E-state index in [1.165, 1.54) is 26.9 Å². The minimum atomic E-state index is 0.887. The van der Waals surface area contributed by atoms with Crippen LogP contribution in [0.2, 0.25) is 0 Å². The molecule has 0 spiro atoms. The highest BCUT2D eigenvalue weighted by Gasteiger charge is 2.07. The van der Waals surface area contributed by atoms with Crippen molar-refractivity contribution in [1.29, 1.82) is 0 Å². The Balaban J connectivity index is 2.26. The summed E-state index contributed by atoms with van der Waals surface area (Å²) in [6.45, 7) is 2.05. The Kier molecular flexibility index (Phi) is 2.25. The number of fused-ring (bicyclic) bond motifs is 5. The van der Waals surface area contributed by atoms with Gasteiger partial charge >= 0.3 is 0 Å². The van der Waals surface area contributed by atoms with Crippen molar-refractivity contribution in [1.82, 2.24) is 0 Å². The fourth-order valence-electron chi connectivity index (χ4n) is 3.04. The molecular weight excluding hydrogens is 242 g/mol. The van der Waals surface area contributed by atoms with Crippen molar-refractivity contribution in [3.8, 4) is 0 Å². The molecule has 1 heteroatoms. The Morgan fingerprint density at radius 2 is 1.20 bits per heavy atom. The second-order valence-corrected chi connectivity index (χ2v) is 5.34. The van der Waals surface area contributed by atoms with Crippen LogP contribution in [0, 0.1) is 6.92 Å². The van der Waals surface area contributed by atoms with Gasteiger partial charge in [-0.3, -0.25) is 0 Å². The minimum Gasteiger partial charge on any atom is -0.398 e. The summed E-state index contributed by atoms with van der Waals surface area (Å²) < 4.78 is 0. The van der Waals surface area contributed by atoms with Crippen molar-refractivity contribution in [2.45, 2.75) is 6.92 Å². The van der Waals surface area contributed by atoms with E-state index in [4.69, 9.17) is 5.73 Å². The van der Waals surface area contributed by atoms with Crippen molar-refractivity contribution in [3.63, 3.8) is 0 Å². The molecule has 0 bridgehead atoms. The zero-order valence-corrected chi connectivity index (χ0v) is 11.4. The molecule has 4 aromatic rings. The number of benzene rings is 4. The molecule has 0 saturated heterocycles. The fourth-order valence-corrected chi connectivity index (χ4v) is 3.04. The molecule has 20 heavy (non-hydrogen) atoms. The smallest absolute Gasteiger partial charge is 0.0423 e. The molecule has 0 aromatic heterocycles. The topological polar surface area (TPSA) is 26.0 Å². The van der Waals surface area contributed by atoms with Gasteiger partial charge < -0.3 is 5.73 Å². The van der Waals surface area contributed by atoms with Crippen LogP contribution in [-0.2, 0) is 0 Å². The first-order chi connectivity index (χ1) is 9.75. The third-order valence-corrected chi connectivity index (χ3v) is 4.18. The summed E-state index contributed by atoms with van der Waals surface area (Å²) in [7, 11) is 0. The second kappa shape index (κ2) is 3.97. The van der Waals surface area contributed by atoms with Gasteiger partial charge in [0.2, 0.25) is 0 Å². The van der Waals surface area contributed by atoms with Gasteiger partial charge in [-0.15, -0.1) is 0 Å². The molecule has 0 atom stereocenters. The van der Waals surface area contributed by atoms with Crippen LogP contribution in [0.5, 0.6) is 0 Å². The van der Waals surface area contributed by atoms with E-state index in [0.717, 1.165) is 16.6 Å². The van der Waals surface area contributed by atoms with E-state index in [1.807, 2.05) is 0 Å². The molecule has 0 unspecified atom stereocenters. The third kappa shape index (κ3) is 1.44. The number of hydrogen-bond donors (Lipinski definition) is 1. The molecule has 0 aliphatic heterocycles. The van der Waals surface area contributed by atoms with Gasteiger partial charge in [0, 0.05) is 11.1 Å². The summed E-state index contributed by atoms with van der Waals surface area (Å²) in [4.78, 5) is 0. The molecule has 0 radical (unpaired) electrons. The lowest BCUT2D eigenvalue weighted by Crippen LogP contribution is -1.91. The van der Waals surface area contributed by atoms with E-state index in [-0.39, 0.29) is 0 Å². The predicted octanol–water partition coefficient (Wildman–Crippen LogP) is 5.04. The van der Waals surface area contributed by atoms with Gasteiger partial charge in [-0.25, -0.2) is 0 Å². The van der Waals surface area contributed by atoms with Gasteiger partial charge in [0.15, 0.2) is 0 Å². The molecule has 0 aliphatic carbocycles. The van der Waals surface area contributed by atoms with Crippen LogP contribution in [0.4, 0.5) is 5.69 Å². The molecule has 96 valence electrons. The van der Waals surface area contributed by atoms with E-state index < -0.39 is 0 Å². The lowest BCUT2D eigenvalue weighted by molar-refractivity contribution is 1.51. The first kappa shape index (κ1) is 11.3. The number of aryl methyl sites for hydroxylation is 1. The number of rotatable bonds is 0. The highest BCUT2D eigenvalue weighted by atomic mass is 14.6. The lowest BCUT2D eigenvalue weighted by atomic mass is 9.95. The molecular formula is C19H15N. The van der Waals surface area contributed by atoms with Crippen molar-refractivity contribution >= 4 is 38.0 Å². The van der Waals surface area contributed by atoms with Crippen molar-refractivity contribution in [2.75, 3.05) is 5.73 Å². The minimum absolute atomic E-state index is 0.887. The van der Waals surface area contributed by atoms with Crippen LogP contribution < -0.4 is 5.73 Å². The zero-order chi connectivity index (χ0) is 13.7. The summed E-state index contributed by atoms with van der Waals surface area (Å²) in [6, 6.07) is 21.5. The molecule has 1 nitrogen and oxygen atoms in total. The van der Waals surface area contributed by atoms with Crippen molar-refractivity contribution in [3.05, 3.63) is 66.2 Å². The van der Waals surface area contributed by atoms with E-state index in [9.17, 15) is 0 Å². The summed E-state index contributed by atoms with van der Waals surface area (Å²) in [5.74, 6) is 0. The van der Waals surface area contributed by atoms with Crippen LogP contribution in [-0.4, -0.2) is 0 Å².